The van der Waals surface area contributed by atoms with Gasteiger partial charge in [0, 0.05) is 33.6 Å². The summed E-state index contributed by atoms with van der Waals surface area (Å²) >= 11 is 0. The van der Waals surface area contributed by atoms with Gasteiger partial charge in [0.05, 0.1) is 0 Å². The molecule has 0 fully saturated rings. The van der Waals surface area contributed by atoms with Crippen molar-refractivity contribution in [1.29, 1.82) is 0 Å². The van der Waals surface area contributed by atoms with Gasteiger partial charge in [-0.3, -0.25) is 0 Å². The first kappa shape index (κ1) is 32.5. The molecule has 0 radical (unpaired) electrons. The molecule has 6 aromatic rings. The predicted molar refractivity (Wildman–Crippen MR) is 221 cm³/mol. The molecule has 0 N–H and O–H groups in total. The number of rotatable bonds is 7. The number of furan rings is 1. The van der Waals surface area contributed by atoms with Crippen molar-refractivity contribution >= 4 is 34.8 Å². The predicted octanol–water partition coefficient (Wildman–Crippen LogP) is 12.9. The van der Waals surface area contributed by atoms with Crippen molar-refractivity contribution in [2.75, 3.05) is 0 Å². The molecule has 0 spiro atoms. The normalized spacial score (nSPS) is 17.5. The van der Waals surface area contributed by atoms with Crippen LogP contribution in [-0.4, -0.2) is 15.0 Å². The third kappa shape index (κ3) is 6.06. The molecule has 3 aliphatic rings. The Labute approximate surface area is 310 Å². The van der Waals surface area contributed by atoms with E-state index in [-0.39, 0.29) is 0 Å². The summed E-state index contributed by atoms with van der Waals surface area (Å²) in [5.74, 6) is 3.72. The summed E-state index contributed by atoms with van der Waals surface area (Å²) in [5.41, 5.74) is 13.2. The second kappa shape index (κ2) is 13.6. The highest BCUT2D eigenvalue weighted by atomic mass is 16.3. The van der Waals surface area contributed by atoms with Crippen LogP contribution in [0.1, 0.15) is 60.6 Å². The lowest BCUT2D eigenvalue weighted by Gasteiger charge is -2.21. The molecule has 2 unspecified atom stereocenters. The Bertz CT molecular complexity index is 2590. The second-order valence-corrected chi connectivity index (χ2v) is 14.0. The standard InChI is InChI=1S/C49H39N3O/c1-4-10-33-20-28-41(29-32(33)5-2)49-51-47(37-23-17-35(18-24-37)40-27-19-34-12-6-7-13-39(34)30-40)50-48(52-49)38-25-21-36(22-26-38)42-14-9-16-44-46(42)45-31(3)11-8-15-43(45)53-44/h4-10,12-18,20-31,34H,2,11,19H2,1,3H3/b10-4-. The highest BCUT2D eigenvalue weighted by molar-refractivity contribution is 5.99. The molecule has 3 aliphatic carbocycles. The Hall–Kier alpha value is -6.39. The molecule has 0 bridgehead atoms. The lowest BCUT2D eigenvalue weighted by molar-refractivity contribution is 0.586. The average molecular weight is 686 g/mol. The van der Waals surface area contributed by atoms with Gasteiger partial charge in [0.1, 0.15) is 11.3 Å². The van der Waals surface area contributed by atoms with Crippen LogP contribution in [-0.2, 0) is 0 Å². The molecule has 0 saturated carbocycles. The number of nitrogens with zero attached hydrogens (tertiary/aromatic N) is 3. The number of hydrogen-bond donors (Lipinski definition) is 0. The maximum absolute atomic E-state index is 6.29. The van der Waals surface area contributed by atoms with E-state index in [1.807, 2.05) is 19.1 Å². The van der Waals surface area contributed by atoms with Gasteiger partial charge in [-0.05, 0) is 82.9 Å². The molecule has 4 aromatic carbocycles. The fourth-order valence-corrected chi connectivity index (χ4v) is 7.80. The third-order valence-corrected chi connectivity index (χ3v) is 10.6. The van der Waals surface area contributed by atoms with Crippen LogP contribution in [0.5, 0.6) is 0 Å². The quantitative estimate of drug-likeness (QED) is 0.168. The van der Waals surface area contributed by atoms with E-state index in [9.17, 15) is 0 Å². The summed E-state index contributed by atoms with van der Waals surface area (Å²) in [5, 5.41) is 1.20. The zero-order valence-corrected chi connectivity index (χ0v) is 30.0. The Kier molecular flexibility index (Phi) is 8.36. The van der Waals surface area contributed by atoms with Gasteiger partial charge in [0.15, 0.2) is 17.5 Å². The van der Waals surface area contributed by atoms with Crippen LogP contribution in [0.15, 0.2) is 150 Å². The summed E-state index contributed by atoms with van der Waals surface area (Å²) in [6, 6.07) is 29.8. The summed E-state index contributed by atoms with van der Waals surface area (Å²) in [6.45, 7) is 8.37. The van der Waals surface area contributed by atoms with E-state index < -0.39 is 0 Å². The minimum Gasteiger partial charge on any atom is -0.456 e. The largest absolute Gasteiger partial charge is 0.456 e. The van der Waals surface area contributed by atoms with E-state index >= 15 is 0 Å². The van der Waals surface area contributed by atoms with Crippen molar-refractivity contribution < 1.29 is 4.42 Å². The minimum absolute atomic E-state index is 0.400. The Balaban J connectivity index is 1.11. The Morgan fingerprint density at radius 1 is 0.736 bits per heavy atom. The highest BCUT2D eigenvalue weighted by Crippen LogP contribution is 2.42. The van der Waals surface area contributed by atoms with Gasteiger partial charge >= 0.3 is 0 Å². The number of benzene rings is 4. The molecule has 53 heavy (non-hydrogen) atoms. The van der Waals surface area contributed by atoms with Crippen LogP contribution < -0.4 is 0 Å². The number of hydrogen-bond acceptors (Lipinski definition) is 4. The van der Waals surface area contributed by atoms with Gasteiger partial charge < -0.3 is 4.42 Å². The molecule has 0 aliphatic heterocycles. The van der Waals surface area contributed by atoms with Crippen LogP contribution in [0.3, 0.4) is 0 Å². The van der Waals surface area contributed by atoms with Crippen LogP contribution >= 0.6 is 0 Å². The zero-order chi connectivity index (χ0) is 35.9. The van der Waals surface area contributed by atoms with Crippen molar-refractivity contribution in [3.05, 3.63) is 174 Å². The van der Waals surface area contributed by atoms with Crippen molar-refractivity contribution in [3.63, 3.8) is 0 Å². The highest BCUT2D eigenvalue weighted by Gasteiger charge is 2.23. The van der Waals surface area contributed by atoms with Gasteiger partial charge in [-0.15, -0.1) is 0 Å². The van der Waals surface area contributed by atoms with Crippen molar-refractivity contribution in [2.45, 2.75) is 32.6 Å². The van der Waals surface area contributed by atoms with Crippen molar-refractivity contribution in [2.24, 2.45) is 5.92 Å². The van der Waals surface area contributed by atoms with Gasteiger partial charge in [0.2, 0.25) is 0 Å². The molecule has 2 heterocycles. The van der Waals surface area contributed by atoms with Gasteiger partial charge in [-0.2, -0.15) is 0 Å². The van der Waals surface area contributed by atoms with E-state index in [2.05, 4.69) is 153 Å². The molecule has 9 rings (SSSR count). The lowest BCUT2D eigenvalue weighted by Crippen LogP contribution is -2.05. The molecule has 256 valence electrons. The molecule has 4 nitrogen and oxygen atoms in total. The van der Waals surface area contributed by atoms with Crippen molar-refractivity contribution in [1.82, 2.24) is 15.0 Å². The van der Waals surface area contributed by atoms with E-state index in [0.29, 0.717) is 29.3 Å². The average Bonchev–Trinajstić information content (AvgIpc) is 3.61. The zero-order valence-electron chi connectivity index (χ0n) is 30.0. The maximum atomic E-state index is 6.29. The molecule has 2 aromatic heterocycles. The molecule has 0 saturated heterocycles. The van der Waals surface area contributed by atoms with Crippen molar-refractivity contribution in [3.8, 4) is 45.3 Å². The summed E-state index contributed by atoms with van der Waals surface area (Å²) in [6.07, 6.45) is 25.8. The van der Waals surface area contributed by atoms with Crippen LogP contribution in [0.4, 0.5) is 0 Å². The summed E-state index contributed by atoms with van der Waals surface area (Å²) < 4.78 is 6.29. The van der Waals surface area contributed by atoms with Crippen LogP contribution in [0.2, 0.25) is 0 Å². The fraction of sp³-hybridized carbons (Fsp3) is 0.122. The second-order valence-electron chi connectivity index (χ2n) is 14.0. The number of allylic oxidation sites excluding steroid dienone is 10. The maximum Gasteiger partial charge on any atom is 0.164 e. The van der Waals surface area contributed by atoms with Crippen LogP contribution in [0.25, 0.3) is 80.1 Å². The fourth-order valence-electron chi connectivity index (χ4n) is 7.80. The van der Waals surface area contributed by atoms with Crippen LogP contribution in [0, 0.1) is 5.92 Å². The topological polar surface area (TPSA) is 51.8 Å². The van der Waals surface area contributed by atoms with Gasteiger partial charge in [-0.25, -0.2) is 15.0 Å². The number of fused-ring (bicyclic) bond motifs is 4. The first-order valence-electron chi connectivity index (χ1n) is 18.4. The third-order valence-electron chi connectivity index (χ3n) is 10.6. The summed E-state index contributed by atoms with van der Waals surface area (Å²) in [7, 11) is 0. The molecular formula is C49H39N3O. The Morgan fingerprint density at radius 2 is 1.43 bits per heavy atom. The molecule has 0 amide bonds. The number of aromatic nitrogens is 3. The smallest absolute Gasteiger partial charge is 0.164 e. The molecular weight excluding hydrogens is 647 g/mol. The lowest BCUT2D eigenvalue weighted by atomic mass is 9.84. The minimum atomic E-state index is 0.400. The van der Waals surface area contributed by atoms with E-state index in [1.165, 1.54) is 33.2 Å². The van der Waals surface area contributed by atoms with E-state index in [4.69, 9.17) is 19.4 Å². The molecule has 4 heteroatoms. The van der Waals surface area contributed by atoms with Gasteiger partial charge in [0.25, 0.3) is 0 Å². The van der Waals surface area contributed by atoms with E-state index in [1.54, 1.807) is 0 Å². The summed E-state index contributed by atoms with van der Waals surface area (Å²) in [4.78, 5) is 15.2. The molecule has 2 atom stereocenters. The first-order valence-corrected chi connectivity index (χ1v) is 18.4. The van der Waals surface area contributed by atoms with Gasteiger partial charge in [-0.1, -0.05) is 147 Å². The monoisotopic (exact) mass is 685 g/mol. The Morgan fingerprint density at radius 3 is 2.17 bits per heavy atom. The SMILES string of the molecule is C=Cc1cc(-c2nc(-c3ccc(C4=CCC5C=CC=CC5=C4)cc3)nc(-c3ccc(-c4cccc5oc6c(c45)C(C)CC=C6)cc3)n2)ccc1/C=C\C. The first-order chi connectivity index (χ1) is 26.1. The van der Waals surface area contributed by atoms with E-state index in [0.717, 1.165) is 57.6 Å².